The van der Waals surface area contributed by atoms with E-state index in [9.17, 15) is 0 Å². The molecule has 112 heavy (non-hydrogen) atoms. The minimum atomic E-state index is 0.619. The fourth-order valence-electron chi connectivity index (χ4n) is 17.1. The lowest BCUT2D eigenvalue weighted by atomic mass is 9.98. The van der Waals surface area contributed by atoms with Gasteiger partial charge in [-0.1, -0.05) is 261 Å². The van der Waals surface area contributed by atoms with Crippen molar-refractivity contribution >= 4 is 87.2 Å². The Kier molecular flexibility index (Phi) is 15.1. The fourth-order valence-corrected chi connectivity index (χ4v) is 17.1. The number of aromatic nitrogens is 9. The number of hydrogen-bond donors (Lipinski definition) is 0. The summed E-state index contributed by atoms with van der Waals surface area (Å²) >= 11 is 0. The summed E-state index contributed by atoms with van der Waals surface area (Å²) in [6.07, 6.45) is 0. The van der Waals surface area contributed by atoms with E-state index < -0.39 is 0 Å². The molecule has 0 aliphatic heterocycles. The Morgan fingerprint density at radius 3 is 0.955 bits per heavy atom. The summed E-state index contributed by atoms with van der Waals surface area (Å²) < 4.78 is 9.58. The number of nitrogens with zero attached hydrogens (tertiary/aromatic N) is 9. The molecule has 0 unspecified atom stereocenters. The van der Waals surface area contributed by atoms with Crippen LogP contribution in [-0.2, 0) is 0 Å². The van der Waals surface area contributed by atoms with Crippen molar-refractivity contribution in [1.82, 2.24) is 43.2 Å². The molecular formula is C103H65N9. The second kappa shape index (κ2) is 26.3. The van der Waals surface area contributed by atoms with Crippen molar-refractivity contribution in [1.29, 1.82) is 0 Å². The summed E-state index contributed by atoms with van der Waals surface area (Å²) in [7, 11) is 0. The summed E-state index contributed by atoms with van der Waals surface area (Å²) in [6.45, 7) is 0. The first-order chi connectivity index (χ1) is 55.5. The Bertz CT molecular complexity index is 7410. The molecule has 6 heterocycles. The van der Waals surface area contributed by atoms with Gasteiger partial charge in [-0.15, -0.1) is 0 Å². The van der Waals surface area contributed by atoms with Gasteiger partial charge >= 0.3 is 0 Å². The molecule has 0 aliphatic carbocycles. The summed E-state index contributed by atoms with van der Waals surface area (Å²) in [6, 6.07) is 141. The normalized spacial score (nSPS) is 11.8. The quantitative estimate of drug-likeness (QED) is 0.115. The van der Waals surface area contributed by atoms with Crippen molar-refractivity contribution in [3.8, 4) is 124 Å². The highest BCUT2D eigenvalue weighted by atomic mass is 15.0. The van der Waals surface area contributed by atoms with E-state index in [2.05, 4.69) is 352 Å². The van der Waals surface area contributed by atoms with Crippen LogP contribution in [0.5, 0.6) is 0 Å². The molecule has 6 aromatic heterocycles. The molecule has 16 aromatic carbocycles. The molecule has 0 amide bonds. The lowest BCUT2D eigenvalue weighted by molar-refractivity contribution is 1.07. The lowest BCUT2D eigenvalue weighted by Gasteiger charge is -2.13. The van der Waals surface area contributed by atoms with Crippen LogP contribution in [0.3, 0.4) is 0 Å². The Morgan fingerprint density at radius 2 is 0.455 bits per heavy atom. The maximum absolute atomic E-state index is 5.43. The van der Waals surface area contributed by atoms with Gasteiger partial charge in [0.25, 0.3) is 0 Å². The number of hydrogen-bond acceptors (Lipinski definition) is 5. The van der Waals surface area contributed by atoms with Gasteiger partial charge in [-0.05, 0) is 167 Å². The molecule has 9 heteroatoms. The van der Waals surface area contributed by atoms with Gasteiger partial charge in [0.1, 0.15) is 0 Å². The van der Waals surface area contributed by atoms with Gasteiger partial charge in [0.2, 0.25) is 0 Å². The molecule has 0 saturated carbocycles. The standard InChI is InChI=1S/C103H65N9/c1-5-25-66(26-6-1)88-65-89(67-49-55-77(56-50-67)109-90-43-17-13-37-82(90)86-63-73(53-59-94(86)109)80-41-23-47-96-98(80)84-39-15-19-45-92(84)111(96)76-34-11-4-12-35-76)105-103(104-88)75-33-21-31-71(61-75)72-32-22-36-79(62-72)112-93-46-20-16-40-85(93)99-81(42-24-48-97(99)112)74-54-60-95-87(64-74)83-38-14-18-44-91(83)110(95)78-57-51-70(52-58-78)102-107-100(68-27-7-2-8-28-68)106-101(108-102)69-29-9-3-10-30-69/h1-65H. The van der Waals surface area contributed by atoms with E-state index in [1.807, 2.05) is 60.7 Å². The van der Waals surface area contributed by atoms with Gasteiger partial charge in [-0.3, -0.25) is 0 Å². The summed E-state index contributed by atoms with van der Waals surface area (Å²) in [5.74, 6) is 2.54. The van der Waals surface area contributed by atoms with Crippen molar-refractivity contribution < 1.29 is 0 Å². The Labute approximate surface area is 644 Å². The molecule has 9 nitrogen and oxygen atoms in total. The van der Waals surface area contributed by atoms with E-state index in [1.165, 1.54) is 70.8 Å². The van der Waals surface area contributed by atoms with Gasteiger partial charge in [0.15, 0.2) is 23.3 Å². The Balaban J connectivity index is 0.588. The third kappa shape index (κ3) is 10.7. The largest absolute Gasteiger partial charge is 0.309 e. The summed E-state index contributed by atoms with van der Waals surface area (Å²) in [5, 5.41) is 9.62. The first-order valence-corrected chi connectivity index (χ1v) is 37.9. The molecule has 0 radical (unpaired) electrons. The van der Waals surface area contributed by atoms with E-state index in [0.717, 1.165) is 117 Å². The molecule has 0 N–H and O–H groups in total. The predicted molar refractivity (Wildman–Crippen MR) is 462 cm³/mol. The van der Waals surface area contributed by atoms with Crippen LogP contribution in [0, 0.1) is 0 Å². The number of para-hydroxylation sites is 5. The highest BCUT2D eigenvalue weighted by Gasteiger charge is 2.24. The van der Waals surface area contributed by atoms with Crippen molar-refractivity contribution in [2.75, 3.05) is 0 Å². The van der Waals surface area contributed by atoms with Crippen LogP contribution >= 0.6 is 0 Å². The van der Waals surface area contributed by atoms with Crippen molar-refractivity contribution in [2.45, 2.75) is 0 Å². The van der Waals surface area contributed by atoms with Crippen molar-refractivity contribution in [3.05, 3.63) is 394 Å². The minimum absolute atomic E-state index is 0.619. The van der Waals surface area contributed by atoms with Gasteiger partial charge < -0.3 is 18.3 Å². The van der Waals surface area contributed by atoms with E-state index in [4.69, 9.17) is 24.9 Å². The van der Waals surface area contributed by atoms with E-state index in [0.29, 0.717) is 23.3 Å². The van der Waals surface area contributed by atoms with E-state index in [-0.39, 0.29) is 0 Å². The average Bonchev–Trinajstić information content (AvgIpc) is 1.58. The zero-order chi connectivity index (χ0) is 73.7. The summed E-state index contributed by atoms with van der Waals surface area (Å²) in [4.78, 5) is 25.8. The molecule has 0 saturated heterocycles. The van der Waals surface area contributed by atoms with Crippen LogP contribution in [0.25, 0.3) is 211 Å². The molecule has 0 aliphatic rings. The average molecular weight is 1430 g/mol. The topological polar surface area (TPSA) is 84.2 Å². The fraction of sp³-hybridized carbons (Fsp3) is 0. The number of fused-ring (bicyclic) bond motifs is 12. The first-order valence-electron chi connectivity index (χ1n) is 37.9. The monoisotopic (exact) mass is 1430 g/mol. The second-order valence-corrected chi connectivity index (χ2v) is 28.7. The van der Waals surface area contributed by atoms with Gasteiger partial charge in [0.05, 0.1) is 55.5 Å². The number of rotatable bonds is 13. The molecular weight excluding hydrogens is 1360 g/mol. The SMILES string of the molecule is c1ccc(-c2cc(-c3ccc(-n4c5ccccc5c5cc(-c6cccc7c6c6ccccc6n7-c6ccccc6)ccc54)cc3)nc(-c3cccc(-c4cccc(-n5c6ccccc6c6c(-c7ccc8c(c7)c7ccccc7n8-c7ccc(-c8nc(-c9ccccc9)nc(-c9ccccc9)n8)cc7)cccc65)c4)c3)n2)cc1. The van der Waals surface area contributed by atoms with Crippen LogP contribution in [0.1, 0.15) is 0 Å². The van der Waals surface area contributed by atoms with Crippen LogP contribution < -0.4 is 0 Å². The third-order valence-corrected chi connectivity index (χ3v) is 22.2. The molecule has 0 fully saturated rings. The molecule has 22 aromatic rings. The molecule has 0 bridgehead atoms. The van der Waals surface area contributed by atoms with Crippen LogP contribution in [0.15, 0.2) is 394 Å². The van der Waals surface area contributed by atoms with Gasteiger partial charge in [-0.2, -0.15) is 0 Å². The highest BCUT2D eigenvalue weighted by Crippen LogP contribution is 2.45. The van der Waals surface area contributed by atoms with Crippen molar-refractivity contribution in [3.63, 3.8) is 0 Å². The maximum atomic E-state index is 5.43. The third-order valence-electron chi connectivity index (χ3n) is 22.2. The van der Waals surface area contributed by atoms with Crippen LogP contribution in [0.2, 0.25) is 0 Å². The maximum Gasteiger partial charge on any atom is 0.164 e. The van der Waals surface area contributed by atoms with Crippen molar-refractivity contribution in [2.24, 2.45) is 0 Å². The smallest absolute Gasteiger partial charge is 0.164 e. The minimum Gasteiger partial charge on any atom is -0.309 e. The second-order valence-electron chi connectivity index (χ2n) is 28.7. The van der Waals surface area contributed by atoms with Gasteiger partial charge in [0, 0.05) is 99.2 Å². The first kappa shape index (κ1) is 64.0. The predicted octanol–water partition coefficient (Wildman–Crippen LogP) is 26.1. The Morgan fingerprint density at radius 1 is 0.152 bits per heavy atom. The summed E-state index contributed by atoms with van der Waals surface area (Å²) in [5.41, 5.74) is 27.7. The lowest BCUT2D eigenvalue weighted by Crippen LogP contribution is -2.00. The zero-order valence-corrected chi connectivity index (χ0v) is 60.6. The Hall–Kier alpha value is -15.2. The molecule has 0 spiro atoms. The van der Waals surface area contributed by atoms with Gasteiger partial charge in [-0.25, -0.2) is 24.9 Å². The number of benzene rings is 16. The molecule has 22 rings (SSSR count). The zero-order valence-electron chi connectivity index (χ0n) is 60.6. The van der Waals surface area contributed by atoms with E-state index in [1.54, 1.807) is 0 Å². The van der Waals surface area contributed by atoms with Crippen LogP contribution in [0.4, 0.5) is 0 Å². The highest BCUT2D eigenvalue weighted by molar-refractivity contribution is 6.19. The molecule has 0 atom stereocenters. The van der Waals surface area contributed by atoms with E-state index >= 15 is 0 Å². The van der Waals surface area contributed by atoms with Crippen LogP contribution in [-0.4, -0.2) is 43.2 Å². The molecule has 522 valence electrons.